The van der Waals surface area contributed by atoms with Gasteiger partial charge in [0.25, 0.3) is 0 Å². The van der Waals surface area contributed by atoms with Crippen molar-refractivity contribution in [2.24, 2.45) is 53.3 Å². The van der Waals surface area contributed by atoms with Crippen LogP contribution in [0.5, 0.6) is 0 Å². The van der Waals surface area contributed by atoms with Crippen LogP contribution in [0, 0.1) is 53.3 Å². The molecule has 8 nitrogen and oxygen atoms in total. The number of carboxylic acid groups (broad SMARTS) is 2. The fourth-order valence-electron chi connectivity index (χ4n) is 10.1. The van der Waals surface area contributed by atoms with Crippen molar-refractivity contribution < 1.29 is 19.8 Å². The number of nitrogens with one attached hydrogen (secondary N) is 2. The summed E-state index contributed by atoms with van der Waals surface area (Å²) in [6, 6.07) is 0.846. The van der Waals surface area contributed by atoms with Crippen molar-refractivity contribution in [1.82, 2.24) is 10.6 Å². The number of hydrogen-bond acceptors (Lipinski definition) is 6. The van der Waals surface area contributed by atoms with E-state index in [1.807, 2.05) is 6.92 Å². The van der Waals surface area contributed by atoms with E-state index in [9.17, 15) is 19.8 Å². The molecule has 0 saturated carbocycles. The molecule has 5 aliphatic heterocycles. The van der Waals surface area contributed by atoms with Crippen molar-refractivity contribution in [2.45, 2.75) is 128 Å². The molecule has 0 amide bonds. The third-order valence-electron chi connectivity index (χ3n) is 12.7. The molecule has 0 aromatic rings. The van der Waals surface area contributed by atoms with E-state index in [0.717, 1.165) is 25.7 Å². The van der Waals surface area contributed by atoms with Crippen molar-refractivity contribution in [1.29, 1.82) is 0 Å². The van der Waals surface area contributed by atoms with Gasteiger partial charge >= 0.3 is 0 Å². The maximum absolute atomic E-state index is 12.6. The van der Waals surface area contributed by atoms with Gasteiger partial charge in [0.1, 0.15) is 0 Å². The van der Waals surface area contributed by atoms with Crippen LogP contribution in [0.25, 0.3) is 10.6 Å². The smallest absolute Gasteiger partial charge is 0.0433 e. The van der Waals surface area contributed by atoms with E-state index >= 15 is 0 Å². The van der Waals surface area contributed by atoms with Crippen LogP contribution in [0.15, 0.2) is 12.7 Å². The first-order valence-corrected chi connectivity index (χ1v) is 16.4. The fourth-order valence-corrected chi connectivity index (χ4v) is 10.1. The number of carbonyl (C=O) groups excluding carboxylic acids is 2. The molecule has 232 valence electrons. The van der Waals surface area contributed by atoms with Crippen molar-refractivity contribution in [3.8, 4) is 0 Å². The molecular formula is C33H52N4O4-4. The van der Waals surface area contributed by atoms with Crippen molar-refractivity contribution in [3.63, 3.8) is 0 Å². The lowest BCUT2D eigenvalue weighted by Gasteiger charge is -2.42. The van der Waals surface area contributed by atoms with E-state index < -0.39 is 17.9 Å². The predicted octanol–water partition coefficient (Wildman–Crippen LogP) is 2.62. The summed E-state index contributed by atoms with van der Waals surface area (Å²) in [7, 11) is 0. The molecule has 2 N–H and O–H groups in total. The van der Waals surface area contributed by atoms with Crippen molar-refractivity contribution in [3.05, 3.63) is 23.3 Å². The third kappa shape index (κ3) is 5.63. The summed E-state index contributed by atoms with van der Waals surface area (Å²) < 4.78 is 0. The van der Waals surface area contributed by atoms with E-state index in [4.69, 9.17) is 10.6 Å². The minimum atomic E-state index is -1.03. The Morgan fingerprint density at radius 1 is 0.805 bits per heavy atom. The molecule has 41 heavy (non-hydrogen) atoms. The highest BCUT2D eigenvalue weighted by Crippen LogP contribution is 2.50. The van der Waals surface area contributed by atoms with Crippen LogP contribution in [0.2, 0.25) is 0 Å². The molecule has 5 saturated heterocycles. The average Bonchev–Trinajstić information content (AvgIpc) is 3.60. The molecule has 5 fully saturated rings. The maximum atomic E-state index is 12.6. The third-order valence-corrected chi connectivity index (χ3v) is 12.7. The second-order valence-corrected chi connectivity index (χ2v) is 14.5. The maximum Gasteiger partial charge on any atom is 0.0433 e. The van der Waals surface area contributed by atoms with E-state index in [1.54, 1.807) is 0 Å². The molecule has 0 aromatic heterocycles. The first-order valence-electron chi connectivity index (χ1n) is 16.4. The van der Waals surface area contributed by atoms with Gasteiger partial charge < -0.3 is 41.1 Å². The van der Waals surface area contributed by atoms with Gasteiger partial charge in [0.15, 0.2) is 0 Å². The summed E-state index contributed by atoms with van der Waals surface area (Å²) >= 11 is 0. The summed E-state index contributed by atoms with van der Waals surface area (Å²) in [6.45, 7) is 17.6. The highest BCUT2D eigenvalue weighted by atomic mass is 16.4. The van der Waals surface area contributed by atoms with Crippen LogP contribution in [0.1, 0.15) is 80.1 Å². The Bertz CT molecular complexity index is 977. The Hall–Kier alpha value is -1.48. The van der Waals surface area contributed by atoms with Crippen LogP contribution in [-0.4, -0.2) is 60.3 Å². The van der Waals surface area contributed by atoms with E-state index in [2.05, 4.69) is 57.9 Å². The van der Waals surface area contributed by atoms with Crippen LogP contribution in [0.4, 0.5) is 0 Å². The van der Waals surface area contributed by atoms with Crippen LogP contribution in [-0.2, 0) is 9.59 Å². The van der Waals surface area contributed by atoms with Crippen molar-refractivity contribution in [2.75, 3.05) is 0 Å². The molecule has 15 unspecified atom stereocenters. The normalized spacial score (nSPS) is 51.5. The van der Waals surface area contributed by atoms with Gasteiger partial charge in [-0.05, 0) is 54.3 Å². The monoisotopic (exact) mass is 568 g/mol. The van der Waals surface area contributed by atoms with E-state index in [-0.39, 0.29) is 66.3 Å². The number of carboxylic acids is 2. The van der Waals surface area contributed by atoms with Crippen molar-refractivity contribution >= 4 is 11.9 Å². The summed E-state index contributed by atoms with van der Waals surface area (Å²) in [5.74, 6) is -0.746. The van der Waals surface area contributed by atoms with Gasteiger partial charge in [-0.2, -0.15) is 0 Å². The summed E-state index contributed by atoms with van der Waals surface area (Å²) in [5, 5.41) is 42.8. The Balaban J connectivity index is 1.51. The summed E-state index contributed by atoms with van der Waals surface area (Å²) in [6.07, 6.45) is 6.46. The van der Waals surface area contributed by atoms with Crippen LogP contribution >= 0.6 is 0 Å². The standard InChI is InChI=1S/C33H54N4O4/c1-8-20-15(3)23-12-25-17(5)22(10-11-29(38)39)31(36-25)19(7)32-30(33(40)41)18(6)26(37-32)14-28-21(9-2)16(4)24(35-28)13-27(20)34-23/h8,15-28,30-32,35-36H,1,9-14H2,2-7H3,(H,38,39)(H,40,41)/q-2/p-2/t15?,16?,17-,18?,19?,20?,21?,22-,23?,24?,25?,26?,27?,28?,30?,31?,32?/m0/s1. The predicted molar refractivity (Wildman–Crippen MR) is 157 cm³/mol. The first-order chi connectivity index (χ1) is 19.5. The molecule has 0 aliphatic carbocycles. The molecule has 0 spiro atoms. The van der Waals surface area contributed by atoms with Gasteiger partial charge in [-0.25, -0.2) is 0 Å². The lowest BCUT2D eigenvalue weighted by atomic mass is 9.74. The zero-order valence-corrected chi connectivity index (χ0v) is 25.9. The Morgan fingerprint density at radius 3 is 2.05 bits per heavy atom. The van der Waals surface area contributed by atoms with Crippen LogP contribution < -0.4 is 20.8 Å². The summed E-state index contributed by atoms with van der Waals surface area (Å²) in [4.78, 5) is 24.1. The Labute approximate surface area is 247 Å². The molecule has 5 rings (SSSR count). The molecule has 8 bridgehead atoms. The molecular weight excluding hydrogens is 516 g/mol. The van der Waals surface area contributed by atoms with E-state index in [1.165, 1.54) is 0 Å². The minimum Gasteiger partial charge on any atom is -0.656 e. The molecule has 8 heteroatoms. The Morgan fingerprint density at radius 2 is 1.41 bits per heavy atom. The quantitative estimate of drug-likeness (QED) is 0.474. The number of rotatable bonds is 6. The average molecular weight is 569 g/mol. The molecule has 17 atom stereocenters. The Kier molecular flexibility index (Phi) is 9.25. The number of carbonyl (C=O) groups is 2. The molecule has 5 heterocycles. The van der Waals surface area contributed by atoms with Gasteiger partial charge in [0.2, 0.25) is 0 Å². The lowest BCUT2D eigenvalue weighted by molar-refractivity contribution is -0.313. The first kappa shape index (κ1) is 31.0. The van der Waals surface area contributed by atoms with Gasteiger partial charge in [-0.3, -0.25) is 0 Å². The molecule has 0 radical (unpaired) electrons. The number of nitrogens with zero attached hydrogens (tertiary/aromatic N) is 2. The van der Waals surface area contributed by atoms with Gasteiger partial charge in [0.05, 0.1) is 0 Å². The highest BCUT2D eigenvalue weighted by molar-refractivity contribution is 5.71. The van der Waals surface area contributed by atoms with E-state index in [0.29, 0.717) is 42.2 Å². The SMILES string of the molecule is C=CC1C2CC3NC(CC4[N-]C(C(C)C5NC(CC([N-]2)C1C)[C@@H](C)[C@@H]5CCC(=O)[O-])C(C(=O)[O-])C4C)C(CC)C3C. The molecule has 0 aromatic carbocycles. The largest absolute Gasteiger partial charge is 0.656 e. The minimum absolute atomic E-state index is 0.00747. The number of aliphatic carboxylic acids is 2. The van der Waals surface area contributed by atoms with Gasteiger partial charge in [-0.15, -0.1) is 30.7 Å². The molecule has 5 aliphatic rings. The zero-order valence-electron chi connectivity index (χ0n) is 25.9. The van der Waals surface area contributed by atoms with Crippen LogP contribution in [0.3, 0.4) is 0 Å². The second kappa shape index (κ2) is 12.3. The second-order valence-electron chi connectivity index (χ2n) is 14.5. The van der Waals surface area contributed by atoms with Gasteiger partial charge in [-0.1, -0.05) is 85.1 Å². The number of hydrogen-bond donors (Lipinski definition) is 2. The zero-order chi connectivity index (χ0) is 29.7. The topological polar surface area (TPSA) is 133 Å². The number of fused-ring (bicyclic) bond motifs is 8. The summed E-state index contributed by atoms with van der Waals surface area (Å²) in [5.41, 5.74) is 0. The lowest BCUT2D eigenvalue weighted by Crippen LogP contribution is -2.47. The fraction of sp³-hybridized carbons (Fsp3) is 0.879. The highest BCUT2D eigenvalue weighted by Gasteiger charge is 2.48. The van der Waals surface area contributed by atoms with Gasteiger partial charge in [0, 0.05) is 36.1 Å².